The lowest BCUT2D eigenvalue weighted by molar-refractivity contribution is 0.624. The third kappa shape index (κ3) is 2.93. The first-order valence-corrected chi connectivity index (χ1v) is 6.66. The number of rotatable bonds is 4. The van der Waals surface area contributed by atoms with Crippen molar-refractivity contribution in [1.82, 2.24) is 19.7 Å². The van der Waals surface area contributed by atoms with E-state index in [0.717, 1.165) is 29.3 Å². The van der Waals surface area contributed by atoms with Crippen molar-refractivity contribution in [3.05, 3.63) is 40.2 Å². The van der Waals surface area contributed by atoms with Crippen molar-refractivity contribution >= 4 is 11.6 Å². The molecule has 102 valence electrons. The summed E-state index contributed by atoms with van der Waals surface area (Å²) in [4.78, 5) is 8.42. The first kappa shape index (κ1) is 14.0. The third-order valence-electron chi connectivity index (χ3n) is 3.09. The quantitative estimate of drug-likeness (QED) is 0.929. The second-order valence-electron chi connectivity index (χ2n) is 4.52. The predicted octanol–water partition coefficient (Wildman–Crippen LogP) is 1.98. The van der Waals surface area contributed by atoms with Crippen LogP contribution in [0.25, 0.3) is 0 Å². The van der Waals surface area contributed by atoms with E-state index in [1.165, 1.54) is 0 Å². The molecule has 0 amide bonds. The molecule has 0 aliphatic carbocycles. The average molecular weight is 280 g/mol. The van der Waals surface area contributed by atoms with Crippen LogP contribution in [-0.4, -0.2) is 19.7 Å². The Morgan fingerprint density at radius 2 is 2.21 bits per heavy atom. The van der Waals surface area contributed by atoms with Gasteiger partial charge in [-0.2, -0.15) is 5.10 Å². The Kier molecular flexibility index (Phi) is 4.17. The molecule has 2 aromatic heterocycles. The highest BCUT2D eigenvalue weighted by atomic mass is 35.5. The molecule has 0 fully saturated rings. The van der Waals surface area contributed by atoms with E-state index in [2.05, 4.69) is 15.1 Å². The third-order valence-corrected chi connectivity index (χ3v) is 3.53. The zero-order valence-electron chi connectivity index (χ0n) is 11.4. The number of hydrogen-bond donors (Lipinski definition) is 1. The number of nitrogens with zero attached hydrogens (tertiary/aromatic N) is 4. The van der Waals surface area contributed by atoms with Gasteiger partial charge < -0.3 is 5.73 Å². The summed E-state index contributed by atoms with van der Waals surface area (Å²) in [6, 6.07) is 1.63. The second kappa shape index (κ2) is 5.67. The molecule has 0 aliphatic rings. The van der Waals surface area contributed by atoms with E-state index in [1.807, 2.05) is 27.0 Å². The lowest BCUT2D eigenvalue weighted by atomic mass is 10.1. The number of hydrogen-bond acceptors (Lipinski definition) is 4. The van der Waals surface area contributed by atoms with Crippen LogP contribution in [0, 0.1) is 6.92 Å². The van der Waals surface area contributed by atoms with Gasteiger partial charge >= 0.3 is 0 Å². The van der Waals surface area contributed by atoms with Gasteiger partial charge in [0.25, 0.3) is 0 Å². The fraction of sp³-hybridized carbons (Fsp3) is 0.462. The van der Waals surface area contributed by atoms with Crippen LogP contribution in [-0.2, 0) is 19.9 Å². The van der Waals surface area contributed by atoms with Gasteiger partial charge in [-0.15, -0.1) is 0 Å². The molecule has 0 aliphatic heterocycles. The molecule has 1 unspecified atom stereocenters. The van der Waals surface area contributed by atoms with Gasteiger partial charge in [-0.25, -0.2) is 9.97 Å². The summed E-state index contributed by atoms with van der Waals surface area (Å²) in [6.45, 7) is 3.88. The molecule has 2 aromatic rings. The van der Waals surface area contributed by atoms with E-state index in [0.29, 0.717) is 11.4 Å². The predicted molar refractivity (Wildman–Crippen MR) is 75.0 cm³/mol. The molecule has 2 heterocycles. The van der Waals surface area contributed by atoms with E-state index in [-0.39, 0.29) is 6.04 Å². The number of aromatic nitrogens is 4. The first-order valence-electron chi connectivity index (χ1n) is 6.28. The van der Waals surface area contributed by atoms with Crippen LogP contribution in [0.5, 0.6) is 0 Å². The van der Waals surface area contributed by atoms with Crippen molar-refractivity contribution in [2.75, 3.05) is 0 Å². The first-order chi connectivity index (χ1) is 9.02. The lowest BCUT2D eigenvalue weighted by Gasteiger charge is -2.12. The number of nitrogens with two attached hydrogens (primary N) is 1. The van der Waals surface area contributed by atoms with Gasteiger partial charge in [0, 0.05) is 19.7 Å². The molecular weight excluding hydrogens is 262 g/mol. The maximum absolute atomic E-state index is 6.32. The molecule has 5 nitrogen and oxygen atoms in total. The van der Waals surface area contributed by atoms with Crippen LogP contribution >= 0.6 is 11.6 Å². The molecule has 2 N–H and O–H groups in total. The maximum Gasteiger partial charge on any atom is 0.125 e. The Morgan fingerprint density at radius 1 is 1.47 bits per heavy atom. The molecule has 0 spiro atoms. The van der Waals surface area contributed by atoms with Gasteiger partial charge in [-0.05, 0) is 19.4 Å². The molecule has 0 aromatic carbocycles. The number of aryl methyl sites for hydroxylation is 3. The summed E-state index contributed by atoms with van der Waals surface area (Å²) in [5.41, 5.74) is 8.87. The van der Waals surface area contributed by atoms with Crippen molar-refractivity contribution in [2.45, 2.75) is 32.7 Å². The van der Waals surface area contributed by atoms with Crippen molar-refractivity contribution in [3.8, 4) is 0 Å². The van der Waals surface area contributed by atoms with Gasteiger partial charge in [0.2, 0.25) is 0 Å². The van der Waals surface area contributed by atoms with Crippen LogP contribution in [0.15, 0.2) is 12.3 Å². The van der Waals surface area contributed by atoms with Crippen LogP contribution < -0.4 is 5.73 Å². The monoisotopic (exact) mass is 279 g/mol. The maximum atomic E-state index is 6.32. The molecular formula is C13H18ClN5. The molecule has 6 heteroatoms. The van der Waals surface area contributed by atoms with Crippen molar-refractivity contribution < 1.29 is 0 Å². The zero-order valence-corrected chi connectivity index (χ0v) is 12.1. The Labute approximate surface area is 117 Å². The normalized spacial score (nSPS) is 12.7. The minimum Gasteiger partial charge on any atom is -0.322 e. The summed E-state index contributed by atoms with van der Waals surface area (Å²) >= 11 is 6.32. The summed E-state index contributed by atoms with van der Waals surface area (Å²) in [6.07, 6.45) is 3.15. The highest BCUT2D eigenvalue weighted by Crippen LogP contribution is 2.24. The van der Waals surface area contributed by atoms with Gasteiger partial charge in [0.05, 0.1) is 28.1 Å². The van der Waals surface area contributed by atoms with Crippen LogP contribution in [0.1, 0.15) is 35.9 Å². The smallest absolute Gasteiger partial charge is 0.125 e. The molecule has 0 bridgehead atoms. The summed E-state index contributed by atoms with van der Waals surface area (Å²) in [5.74, 6) is 0.721. The largest absolute Gasteiger partial charge is 0.322 e. The molecule has 0 saturated carbocycles. The van der Waals surface area contributed by atoms with Crippen LogP contribution in [0.2, 0.25) is 5.02 Å². The summed E-state index contributed by atoms with van der Waals surface area (Å²) < 4.78 is 1.80. The topological polar surface area (TPSA) is 69.6 Å². The average Bonchev–Trinajstić information content (AvgIpc) is 2.66. The van der Waals surface area contributed by atoms with Gasteiger partial charge in [0.15, 0.2) is 0 Å². The second-order valence-corrected chi connectivity index (χ2v) is 4.90. The molecule has 0 saturated heterocycles. The Hall–Kier alpha value is -1.46. The molecule has 19 heavy (non-hydrogen) atoms. The molecule has 1 atom stereocenters. The number of halogens is 1. The SMILES string of the molecule is CCc1nn(C)c(CC(N)c2ccnc(C)n2)c1Cl. The Morgan fingerprint density at radius 3 is 2.79 bits per heavy atom. The highest BCUT2D eigenvalue weighted by molar-refractivity contribution is 6.31. The summed E-state index contributed by atoms with van der Waals surface area (Å²) in [7, 11) is 1.89. The minimum absolute atomic E-state index is 0.209. The highest BCUT2D eigenvalue weighted by Gasteiger charge is 2.17. The van der Waals surface area contributed by atoms with Crippen molar-refractivity contribution in [3.63, 3.8) is 0 Å². The zero-order chi connectivity index (χ0) is 14.0. The van der Waals surface area contributed by atoms with Crippen LogP contribution in [0.4, 0.5) is 0 Å². The van der Waals surface area contributed by atoms with Gasteiger partial charge in [0.1, 0.15) is 5.82 Å². The standard InChI is InChI=1S/C13H18ClN5/c1-4-10-13(14)12(19(3)18-10)7-9(15)11-5-6-16-8(2)17-11/h5-6,9H,4,7,15H2,1-3H3. The van der Waals surface area contributed by atoms with Crippen LogP contribution in [0.3, 0.4) is 0 Å². The molecule has 0 radical (unpaired) electrons. The summed E-state index contributed by atoms with van der Waals surface area (Å²) in [5, 5.41) is 5.10. The Balaban J connectivity index is 2.24. The van der Waals surface area contributed by atoms with Gasteiger partial charge in [-0.3, -0.25) is 4.68 Å². The van der Waals surface area contributed by atoms with E-state index < -0.39 is 0 Å². The fourth-order valence-electron chi connectivity index (χ4n) is 2.04. The minimum atomic E-state index is -0.209. The van der Waals surface area contributed by atoms with E-state index in [1.54, 1.807) is 10.9 Å². The van der Waals surface area contributed by atoms with Gasteiger partial charge in [-0.1, -0.05) is 18.5 Å². The molecule has 2 rings (SSSR count). The van der Waals surface area contributed by atoms with E-state index in [4.69, 9.17) is 17.3 Å². The van der Waals surface area contributed by atoms with Crippen molar-refractivity contribution in [2.24, 2.45) is 12.8 Å². The lowest BCUT2D eigenvalue weighted by Crippen LogP contribution is -2.17. The van der Waals surface area contributed by atoms with E-state index in [9.17, 15) is 0 Å². The fourth-order valence-corrected chi connectivity index (χ4v) is 2.41. The Bertz CT molecular complexity index is 578. The van der Waals surface area contributed by atoms with E-state index >= 15 is 0 Å². The van der Waals surface area contributed by atoms with Crippen molar-refractivity contribution in [1.29, 1.82) is 0 Å².